The van der Waals surface area contributed by atoms with E-state index >= 15 is 0 Å². The first-order chi connectivity index (χ1) is 11.5. The number of nitriles is 1. The Kier molecular flexibility index (Phi) is 7.85. The number of ether oxygens (including phenoxy) is 1. The second kappa shape index (κ2) is 9.90. The molecule has 0 fully saturated rings. The van der Waals surface area contributed by atoms with Crippen LogP contribution in [-0.4, -0.2) is 31.7 Å². The van der Waals surface area contributed by atoms with Crippen LogP contribution in [0, 0.1) is 25.2 Å². The number of anilines is 1. The molecule has 1 aromatic carbocycles. The van der Waals surface area contributed by atoms with Gasteiger partial charge in [-0.1, -0.05) is 12.1 Å². The van der Waals surface area contributed by atoms with E-state index in [9.17, 15) is 9.59 Å². The van der Waals surface area contributed by atoms with Crippen LogP contribution in [0.25, 0.3) is 0 Å². The average Bonchev–Trinajstić information content (AvgIpc) is 2.55. The lowest BCUT2D eigenvalue weighted by atomic mass is 10.1. The fourth-order valence-corrected chi connectivity index (χ4v) is 1.82. The highest BCUT2D eigenvalue weighted by Gasteiger charge is 2.11. The van der Waals surface area contributed by atoms with Gasteiger partial charge in [-0.25, -0.2) is 4.79 Å². The van der Waals surface area contributed by atoms with Crippen LogP contribution in [-0.2, 0) is 9.53 Å². The molecule has 0 atom stereocenters. The fraction of sp³-hybridized carbons (Fsp3) is 0.353. The van der Waals surface area contributed by atoms with Gasteiger partial charge in [0.2, 0.25) is 0 Å². The van der Waals surface area contributed by atoms with Gasteiger partial charge in [0.1, 0.15) is 11.6 Å². The highest BCUT2D eigenvalue weighted by atomic mass is 16.5. The molecule has 0 saturated heterocycles. The van der Waals surface area contributed by atoms with Gasteiger partial charge in [0.25, 0.3) is 5.91 Å². The summed E-state index contributed by atoms with van der Waals surface area (Å²) < 4.78 is 4.71. The van der Waals surface area contributed by atoms with E-state index in [1.54, 1.807) is 13.0 Å². The van der Waals surface area contributed by atoms with E-state index in [1.165, 1.54) is 6.20 Å². The topological polar surface area (TPSA) is 103 Å². The zero-order valence-corrected chi connectivity index (χ0v) is 14.1. The molecule has 0 aliphatic heterocycles. The van der Waals surface area contributed by atoms with E-state index in [4.69, 9.17) is 10.00 Å². The summed E-state index contributed by atoms with van der Waals surface area (Å²) >= 11 is 0. The van der Waals surface area contributed by atoms with Gasteiger partial charge in [-0.2, -0.15) is 5.26 Å². The monoisotopic (exact) mass is 330 g/mol. The van der Waals surface area contributed by atoms with Crippen LogP contribution in [0.4, 0.5) is 10.5 Å². The molecule has 0 aromatic heterocycles. The largest absolute Gasteiger partial charge is 0.450 e. The van der Waals surface area contributed by atoms with Crippen LogP contribution >= 0.6 is 0 Å². The Bertz CT molecular complexity index is 662. The van der Waals surface area contributed by atoms with Crippen molar-refractivity contribution in [1.82, 2.24) is 10.6 Å². The molecule has 7 heteroatoms. The van der Waals surface area contributed by atoms with Crippen LogP contribution in [0.15, 0.2) is 30.0 Å². The summed E-state index contributed by atoms with van der Waals surface area (Å²) in [5.74, 6) is -0.489. The number of rotatable bonds is 7. The fourth-order valence-electron chi connectivity index (χ4n) is 1.82. The summed E-state index contributed by atoms with van der Waals surface area (Å²) in [5.41, 5.74) is 2.63. The van der Waals surface area contributed by atoms with Gasteiger partial charge in [0.05, 0.1) is 6.61 Å². The number of hydrogen-bond acceptors (Lipinski definition) is 5. The van der Waals surface area contributed by atoms with Gasteiger partial charge in [-0.15, -0.1) is 0 Å². The van der Waals surface area contributed by atoms with Crippen LogP contribution in [0.2, 0.25) is 0 Å². The van der Waals surface area contributed by atoms with Crippen LogP contribution < -0.4 is 16.0 Å². The number of amides is 2. The first-order valence-corrected chi connectivity index (χ1v) is 7.61. The minimum absolute atomic E-state index is 0.0490. The molecule has 7 nitrogen and oxygen atoms in total. The number of nitrogens with one attached hydrogen (secondary N) is 3. The number of nitrogens with zero attached hydrogens (tertiary/aromatic N) is 1. The molecule has 0 bridgehead atoms. The van der Waals surface area contributed by atoms with Crippen molar-refractivity contribution in [3.8, 4) is 6.07 Å². The SMILES string of the molecule is CCOC(=O)NCCN/C=C(/C#N)C(=O)Nc1cccc(C)c1C. The average molecular weight is 330 g/mol. The third-order valence-electron chi connectivity index (χ3n) is 3.28. The van der Waals surface area contributed by atoms with Gasteiger partial charge in [-0.05, 0) is 38.0 Å². The lowest BCUT2D eigenvalue weighted by molar-refractivity contribution is -0.112. The van der Waals surface area contributed by atoms with E-state index in [1.807, 2.05) is 32.0 Å². The summed E-state index contributed by atoms with van der Waals surface area (Å²) in [6, 6.07) is 7.42. The number of hydrogen-bond donors (Lipinski definition) is 3. The summed E-state index contributed by atoms with van der Waals surface area (Å²) in [6.07, 6.45) is 0.823. The van der Waals surface area contributed by atoms with Crippen molar-refractivity contribution in [2.75, 3.05) is 25.0 Å². The van der Waals surface area contributed by atoms with Gasteiger partial charge in [-0.3, -0.25) is 4.79 Å². The quantitative estimate of drug-likeness (QED) is 0.403. The van der Waals surface area contributed by atoms with Crippen LogP contribution in [0.5, 0.6) is 0 Å². The molecule has 3 N–H and O–H groups in total. The second-order valence-corrected chi connectivity index (χ2v) is 4.97. The van der Waals surface area contributed by atoms with Crippen LogP contribution in [0.1, 0.15) is 18.1 Å². The number of benzene rings is 1. The van der Waals surface area contributed by atoms with Crippen molar-refractivity contribution >= 4 is 17.7 Å². The second-order valence-electron chi connectivity index (χ2n) is 4.97. The Morgan fingerprint density at radius 2 is 2.04 bits per heavy atom. The van der Waals surface area contributed by atoms with Crippen molar-refractivity contribution in [3.05, 3.63) is 41.1 Å². The van der Waals surface area contributed by atoms with E-state index in [-0.39, 0.29) is 5.57 Å². The summed E-state index contributed by atoms with van der Waals surface area (Å²) in [6.45, 7) is 6.54. The van der Waals surface area contributed by atoms with Crippen molar-refractivity contribution in [2.45, 2.75) is 20.8 Å². The number of carbonyl (C=O) groups excluding carboxylic acids is 2. The number of aryl methyl sites for hydroxylation is 1. The molecule has 1 aromatic rings. The number of alkyl carbamates (subject to hydrolysis) is 1. The third kappa shape index (κ3) is 6.01. The van der Waals surface area contributed by atoms with Crippen LogP contribution in [0.3, 0.4) is 0 Å². The normalized spacial score (nSPS) is 10.5. The molecule has 0 aliphatic carbocycles. The predicted octanol–water partition coefficient (Wildman–Crippen LogP) is 1.99. The molecular weight excluding hydrogens is 308 g/mol. The highest BCUT2D eigenvalue weighted by molar-refractivity contribution is 6.06. The molecule has 0 aliphatic rings. The third-order valence-corrected chi connectivity index (χ3v) is 3.28. The van der Waals surface area contributed by atoms with Crippen molar-refractivity contribution < 1.29 is 14.3 Å². The summed E-state index contributed by atoms with van der Waals surface area (Å²) in [4.78, 5) is 23.2. The molecule has 0 saturated carbocycles. The van der Waals surface area contributed by atoms with Gasteiger partial charge in [0.15, 0.2) is 0 Å². The first kappa shape index (κ1) is 19.0. The molecule has 0 heterocycles. The number of carbonyl (C=O) groups is 2. The van der Waals surface area contributed by atoms with Gasteiger partial charge >= 0.3 is 6.09 Å². The van der Waals surface area contributed by atoms with Gasteiger partial charge in [0, 0.05) is 25.0 Å². The zero-order valence-electron chi connectivity index (χ0n) is 14.1. The zero-order chi connectivity index (χ0) is 17.9. The maximum atomic E-state index is 12.1. The molecule has 0 unspecified atom stereocenters. The van der Waals surface area contributed by atoms with Gasteiger partial charge < -0.3 is 20.7 Å². The Hall–Kier alpha value is -3.01. The Morgan fingerprint density at radius 3 is 2.71 bits per heavy atom. The lowest BCUT2D eigenvalue weighted by Crippen LogP contribution is -2.31. The predicted molar refractivity (Wildman–Crippen MR) is 91.3 cm³/mol. The lowest BCUT2D eigenvalue weighted by Gasteiger charge is -2.10. The maximum absolute atomic E-state index is 12.1. The highest BCUT2D eigenvalue weighted by Crippen LogP contribution is 2.18. The van der Waals surface area contributed by atoms with Crippen molar-refractivity contribution in [1.29, 1.82) is 5.26 Å². The molecule has 2 amide bonds. The Balaban J connectivity index is 2.53. The Labute approximate surface area is 141 Å². The van der Waals surface area contributed by atoms with E-state index in [0.29, 0.717) is 25.4 Å². The summed E-state index contributed by atoms with van der Waals surface area (Å²) in [7, 11) is 0. The van der Waals surface area contributed by atoms with Crippen molar-refractivity contribution in [2.24, 2.45) is 0 Å². The minimum Gasteiger partial charge on any atom is -0.450 e. The Morgan fingerprint density at radius 1 is 1.29 bits per heavy atom. The van der Waals surface area contributed by atoms with E-state index < -0.39 is 12.0 Å². The molecular formula is C17H22N4O3. The molecule has 1 rings (SSSR count). The standard InChI is InChI=1S/C17H22N4O3/c1-4-24-17(23)20-9-8-19-11-14(10-18)16(22)21-15-7-5-6-12(2)13(15)3/h5-7,11,19H,4,8-9H2,1-3H3,(H,20,23)(H,21,22)/b14-11-. The molecule has 128 valence electrons. The smallest absolute Gasteiger partial charge is 0.407 e. The molecule has 0 spiro atoms. The molecule has 0 radical (unpaired) electrons. The minimum atomic E-state index is -0.503. The maximum Gasteiger partial charge on any atom is 0.407 e. The molecule has 24 heavy (non-hydrogen) atoms. The first-order valence-electron chi connectivity index (χ1n) is 7.61. The summed E-state index contributed by atoms with van der Waals surface area (Å²) in [5, 5.41) is 17.2. The van der Waals surface area contributed by atoms with Crippen molar-refractivity contribution in [3.63, 3.8) is 0 Å². The van der Waals surface area contributed by atoms with E-state index in [0.717, 1.165) is 11.1 Å². The van der Waals surface area contributed by atoms with E-state index in [2.05, 4.69) is 16.0 Å².